The van der Waals surface area contributed by atoms with Gasteiger partial charge in [-0.2, -0.15) is 0 Å². The van der Waals surface area contributed by atoms with Gasteiger partial charge >= 0.3 is 0 Å². The number of aliphatic hydroxyl groups excluding tert-OH is 1. The number of hydrogen-bond acceptors (Lipinski definition) is 4. The van der Waals surface area contributed by atoms with E-state index in [1.54, 1.807) is 0 Å². The van der Waals surface area contributed by atoms with E-state index in [1.807, 2.05) is 24.3 Å². The van der Waals surface area contributed by atoms with Gasteiger partial charge in [-0.15, -0.1) is 0 Å². The molecule has 2 aliphatic rings. The molecule has 0 bridgehead atoms. The second-order valence-electron chi connectivity index (χ2n) is 7.15. The number of benzene rings is 1. The monoisotopic (exact) mass is 332 g/mol. The molecule has 0 aliphatic heterocycles. The lowest BCUT2D eigenvalue weighted by molar-refractivity contribution is -0.120. The average molecular weight is 332 g/mol. The van der Waals surface area contributed by atoms with Gasteiger partial charge in [0.25, 0.3) is 0 Å². The molecule has 0 spiro atoms. The number of carbonyl (C=O) groups is 1. The minimum absolute atomic E-state index is 0.0158. The smallest absolute Gasteiger partial charge is 0.227 e. The normalized spacial score (nSPS) is 30.6. The van der Waals surface area contributed by atoms with E-state index in [2.05, 4.69) is 5.32 Å². The van der Waals surface area contributed by atoms with Gasteiger partial charge in [0.2, 0.25) is 5.91 Å². The van der Waals surface area contributed by atoms with Gasteiger partial charge in [0.15, 0.2) is 0 Å². The lowest BCUT2D eigenvalue weighted by Crippen LogP contribution is -2.34. The number of nitrogens with one attached hydrogen (secondary N) is 1. The van der Waals surface area contributed by atoms with Crippen molar-refractivity contribution in [3.63, 3.8) is 0 Å². The van der Waals surface area contributed by atoms with E-state index in [0.717, 1.165) is 62.8 Å². The number of carbonyl (C=O) groups excluding carboxylic acids is 1. The highest BCUT2D eigenvalue weighted by Crippen LogP contribution is 2.27. The first kappa shape index (κ1) is 17.2. The fourth-order valence-corrected chi connectivity index (χ4v) is 3.72. The minimum atomic E-state index is -0.381. The van der Waals surface area contributed by atoms with Gasteiger partial charge in [0.1, 0.15) is 11.9 Å². The Morgan fingerprint density at radius 1 is 1.08 bits per heavy atom. The Balaban J connectivity index is 1.53. The molecular formula is C19H28N2O3. The fourth-order valence-electron chi connectivity index (χ4n) is 3.72. The molecule has 132 valence electrons. The second-order valence-corrected chi connectivity index (χ2v) is 7.15. The topological polar surface area (TPSA) is 84.6 Å². The van der Waals surface area contributed by atoms with E-state index < -0.39 is 0 Å². The third-order valence-corrected chi connectivity index (χ3v) is 5.16. The van der Waals surface area contributed by atoms with Crippen LogP contribution in [0.1, 0.15) is 51.4 Å². The number of hydrogen-bond donors (Lipinski definition) is 3. The van der Waals surface area contributed by atoms with Crippen LogP contribution in [0.15, 0.2) is 24.3 Å². The first-order chi connectivity index (χ1) is 11.6. The number of amides is 1. The number of anilines is 1. The SMILES string of the molecule is NC1CCCC(C(=O)Nc2ccc(OC3CCCCC3O)cc2)C1. The zero-order valence-electron chi connectivity index (χ0n) is 14.1. The predicted octanol–water partition coefficient (Wildman–Crippen LogP) is 2.82. The molecule has 4 atom stereocenters. The summed E-state index contributed by atoms with van der Waals surface area (Å²) in [5, 5.41) is 12.9. The van der Waals surface area contributed by atoms with Gasteiger partial charge in [0.05, 0.1) is 6.10 Å². The van der Waals surface area contributed by atoms with Crippen molar-refractivity contribution in [3.8, 4) is 5.75 Å². The van der Waals surface area contributed by atoms with Gasteiger partial charge < -0.3 is 20.9 Å². The van der Waals surface area contributed by atoms with Crippen molar-refractivity contribution in [2.24, 2.45) is 11.7 Å². The van der Waals surface area contributed by atoms with Crippen molar-refractivity contribution >= 4 is 11.6 Å². The zero-order chi connectivity index (χ0) is 16.9. The molecule has 4 N–H and O–H groups in total. The van der Waals surface area contributed by atoms with Gasteiger partial charge in [-0.25, -0.2) is 0 Å². The summed E-state index contributed by atoms with van der Waals surface area (Å²) in [6.45, 7) is 0. The van der Waals surface area contributed by atoms with E-state index in [0.29, 0.717) is 0 Å². The van der Waals surface area contributed by atoms with Crippen LogP contribution in [0.25, 0.3) is 0 Å². The van der Waals surface area contributed by atoms with Crippen LogP contribution in [0.5, 0.6) is 5.75 Å². The summed E-state index contributed by atoms with van der Waals surface area (Å²) in [5.74, 6) is 0.808. The Morgan fingerprint density at radius 2 is 1.83 bits per heavy atom. The highest BCUT2D eigenvalue weighted by molar-refractivity contribution is 5.92. The summed E-state index contributed by atoms with van der Waals surface area (Å²) in [4.78, 5) is 12.3. The van der Waals surface area contributed by atoms with Crippen LogP contribution >= 0.6 is 0 Å². The van der Waals surface area contributed by atoms with Crippen LogP contribution in [0.4, 0.5) is 5.69 Å². The lowest BCUT2D eigenvalue weighted by atomic mass is 9.85. The van der Waals surface area contributed by atoms with E-state index in [-0.39, 0.29) is 30.1 Å². The number of ether oxygens (including phenoxy) is 1. The highest BCUT2D eigenvalue weighted by Gasteiger charge is 2.26. The quantitative estimate of drug-likeness (QED) is 0.791. The maximum atomic E-state index is 12.3. The molecule has 24 heavy (non-hydrogen) atoms. The molecule has 0 saturated heterocycles. The van der Waals surface area contributed by atoms with Crippen LogP contribution in [-0.2, 0) is 4.79 Å². The number of rotatable bonds is 4. The van der Waals surface area contributed by atoms with Gasteiger partial charge in [-0.05, 0) is 62.8 Å². The molecule has 1 amide bonds. The average Bonchev–Trinajstić information content (AvgIpc) is 2.58. The summed E-state index contributed by atoms with van der Waals surface area (Å²) in [6, 6.07) is 7.55. The van der Waals surface area contributed by atoms with E-state index >= 15 is 0 Å². The van der Waals surface area contributed by atoms with Crippen molar-refractivity contribution in [1.29, 1.82) is 0 Å². The third-order valence-electron chi connectivity index (χ3n) is 5.16. The minimum Gasteiger partial charge on any atom is -0.488 e. The summed E-state index contributed by atoms with van der Waals surface area (Å²) < 4.78 is 5.88. The Labute approximate surface area is 143 Å². The lowest BCUT2D eigenvalue weighted by Gasteiger charge is -2.28. The molecule has 0 aromatic heterocycles. The molecule has 3 rings (SSSR count). The molecule has 1 aromatic rings. The van der Waals surface area contributed by atoms with Crippen LogP contribution < -0.4 is 15.8 Å². The fraction of sp³-hybridized carbons (Fsp3) is 0.632. The van der Waals surface area contributed by atoms with Crippen molar-refractivity contribution in [2.45, 2.75) is 69.6 Å². The summed E-state index contributed by atoms with van der Waals surface area (Å²) >= 11 is 0. The van der Waals surface area contributed by atoms with Gasteiger partial charge in [-0.3, -0.25) is 4.79 Å². The van der Waals surface area contributed by atoms with E-state index in [1.165, 1.54) is 0 Å². The van der Waals surface area contributed by atoms with Crippen molar-refractivity contribution < 1.29 is 14.6 Å². The highest BCUT2D eigenvalue weighted by atomic mass is 16.5. The number of nitrogens with two attached hydrogens (primary N) is 1. The first-order valence-corrected chi connectivity index (χ1v) is 9.13. The van der Waals surface area contributed by atoms with Gasteiger partial charge in [0, 0.05) is 17.6 Å². The third kappa shape index (κ3) is 4.48. The molecule has 2 fully saturated rings. The Morgan fingerprint density at radius 3 is 2.54 bits per heavy atom. The first-order valence-electron chi connectivity index (χ1n) is 9.13. The van der Waals surface area contributed by atoms with Gasteiger partial charge in [-0.1, -0.05) is 12.8 Å². The predicted molar refractivity (Wildman–Crippen MR) is 93.9 cm³/mol. The van der Waals surface area contributed by atoms with Crippen molar-refractivity contribution in [2.75, 3.05) is 5.32 Å². The Kier molecular flexibility index (Phi) is 5.74. The van der Waals surface area contributed by atoms with E-state index in [9.17, 15) is 9.90 Å². The Hall–Kier alpha value is -1.59. The summed E-state index contributed by atoms with van der Waals surface area (Å²) in [7, 11) is 0. The number of aliphatic hydroxyl groups is 1. The standard InChI is InChI=1S/C19H28N2O3/c20-14-5-3-4-13(12-14)19(23)21-15-8-10-16(11-9-15)24-18-7-2-1-6-17(18)22/h8-11,13-14,17-18,22H,1-7,12,20H2,(H,21,23). The van der Waals surface area contributed by atoms with Crippen molar-refractivity contribution in [3.05, 3.63) is 24.3 Å². The molecule has 5 nitrogen and oxygen atoms in total. The maximum absolute atomic E-state index is 12.3. The zero-order valence-corrected chi connectivity index (χ0v) is 14.1. The van der Waals surface area contributed by atoms with Crippen LogP contribution in [-0.4, -0.2) is 29.3 Å². The largest absolute Gasteiger partial charge is 0.488 e. The van der Waals surface area contributed by atoms with Crippen LogP contribution in [0.3, 0.4) is 0 Å². The molecule has 0 heterocycles. The summed E-state index contributed by atoms with van der Waals surface area (Å²) in [5.41, 5.74) is 6.73. The summed E-state index contributed by atoms with van der Waals surface area (Å²) in [6.07, 6.45) is 7.09. The molecule has 4 unspecified atom stereocenters. The second kappa shape index (κ2) is 7.99. The molecular weight excluding hydrogens is 304 g/mol. The maximum Gasteiger partial charge on any atom is 0.227 e. The molecule has 5 heteroatoms. The molecule has 2 saturated carbocycles. The molecule has 2 aliphatic carbocycles. The molecule has 0 radical (unpaired) electrons. The Bertz CT molecular complexity index is 546. The van der Waals surface area contributed by atoms with Crippen molar-refractivity contribution in [1.82, 2.24) is 0 Å². The molecule has 1 aromatic carbocycles. The van der Waals surface area contributed by atoms with E-state index in [4.69, 9.17) is 10.5 Å². The van der Waals surface area contributed by atoms with Crippen LogP contribution in [0.2, 0.25) is 0 Å². The van der Waals surface area contributed by atoms with Crippen LogP contribution in [0, 0.1) is 5.92 Å².